The Bertz CT molecular complexity index is 524. The molecule has 3 N–H and O–H groups in total. The van der Waals surface area contributed by atoms with Gasteiger partial charge in [-0.1, -0.05) is 11.6 Å². The van der Waals surface area contributed by atoms with E-state index in [1.807, 2.05) is 14.0 Å². The van der Waals surface area contributed by atoms with Crippen molar-refractivity contribution in [2.24, 2.45) is 12.9 Å². The summed E-state index contributed by atoms with van der Waals surface area (Å²) in [5.41, 5.74) is 5.41. The van der Waals surface area contributed by atoms with Crippen LogP contribution in [0.5, 0.6) is 0 Å². The standard InChI is InChI=1S/C11H15ClN6/c1-7-11(12)10(18(2)17-7)3-9(16-13)8-4-14-6-15-5-8/h4-6,9,16H,3,13H2,1-2H3. The van der Waals surface area contributed by atoms with Gasteiger partial charge in [-0.05, 0) is 6.92 Å². The molecule has 0 amide bonds. The summed E-state index contributed by atoms with van der Waals surface area (Å²) in [6, 6.07) is -0.0986. The number of hydrogen-bond acceptors (Lipinski definition) is 5. The highest BCUT2D eigenvalue weighted by molar-refractivity contribution is 6.31. The summed E-state index contributed by atoms with van der Waals surface area (Å²) in [7, 11) is 1.86. The largest absolute Gasteiger partial charge is 0.271 e. The number of hydrogen-bond donors (Lipinski definition) is 2. The molecule has 1 atom stereocenters. The molecule has 18 heavy (non-hydrogen) atoms. The Morgan fingerprint density at radius 3 is 2.61 bits per heavy atom. The normalized spacial score (nSPS) is 12.7. The predicted octanol–water partition coefficient (Wildman–Crippen LogP) is 0.919. The van der Waals surface area contributed by atoms with E-state index in [1.165, 1.54) is 6.33 Å². The smallest absolute Gasteiger partial charge is 0.115 e. The molecule has 2 rings (SSSR count). The van der Waals surface area contributed by atoms with E-state index in [0.717, 1.165) is 17.0 Å². The predicted molar refractivity (Wildman–Crippen MR) is 68.8 cm³/mol. The Balaban J connectivity index is 2.26. The van der Waals surface area contributed by atoms with Crippen LogP contribution in [0.15, 0.2) is 18.7 Å². The van der Waals surface area contributed by atoms with Crippen molar-refractivity contribution in [2.45, 2.75) is 19.4 Å². The van der Waals surface area contributed by atoms with E-state index in [2.05, 4.69) is 20.5 Å². The van der Waals surface area contributed by atoms with Crippen molar-refractivity contribution in [3.05, 3.63) is 40.7 Å². The van der Waals surface area contributed by atoms with E-state index in [0.29, 0.717) is 11.4 Å². The maximum Gasteiger partial charge on any atom is 0.115 e. The number of rotatable bonds is 4. The van der Waals surface area contributed by atoms with Crippen LogP contribution in [0, 0.1) is 6.92 Å². The Morgan fingerprint density at radius 2 is 2.11 bits per heavy atom. The fraction of sp³-hybridized carbons (Fsp3) is 0.364. The molecule has 0 aliphatic carbocycles. The van der Waals surface area contributed by atoms with Gasteiger partial charge in [-0.2, -0.15) is 5.10 Å². The van der Waals surface area contributed by atoms with Gasteiger partial charge in [0, 0.05) is 31.4 Å². The molecule has 2 aromatic rings. The number of aromatic nitrogens is 4. The first-order chi connectivity index (χ1) is 8.63. The Labute approximate surface area is 110 Å². The van der Waals surface area contributed by atoms with Gasteiger partial charge in [0.05, 0.1) is 22.5 Å². The quantitative estimate of drug-likeness (QED) is 0.635. The van der Waals surface area contributed by atoms with Crippen LogP contribution in [-0.2, 0) is 13.5 Å². The molecule has 0 radical (unpaired) electrons. The lowest BCUT2D eigenvalue weighted by Gasteiger charge is -2.15. The number of halogens is 1. The van der Waals surface area contributed by atoms with Gasteiger partial charge in [-0.15, -0.1) is 0 Å². The van der Waals surface area contributed by atoms with Gasteiger partial charge in [0.1, 0.15) is 6.33 Å². The first kappa shape index (κ1) is 12.9. The van der Waals surface area contributed by atoms with Crippen LogP contribution in [0.25, 0.3) is 0 Å². The van der Waals surface area contributed by atoms with Gasteiger partial charge in [0.25, 0.3) is 0 Å². The van der Waals surface area contributed by atoms with Crippen LogP contribution in [0.1, 0.15) is 23.0 Å². The van der Waals surface area contributed by atoms with Gasteiger partial charge in [-0.25, -0.2) is 9.97 Å². The Hall–Kier alpha value is -1.50. The van der Waals surface area contributed by atoms with E-state index in [9.17, 15) is 0 Å². The van der Waals surface area contributed by atoms with Crippen LogP contribution in [0.2, 0.25) is 5.02 Å². The minimum absolute atomic E-state index is 0.0986. The lowest BCUT2D eigenvalue weighted by atomic mass is 10.1. The van der Waals surface area contributed by atoms with E-state index >= 15 is 0 Å². The fourth-order valence-electron chi connectivity index (χ4n) is 1.86. The molecule has 6 nitrogen and oxygen atoms in total. The van der Waals surface area contributed by atoms with Crippen molar-refractivity contribution in [1.82, 2.24) is 25.2 Å². The minimum Gasteiger partial charge on any atom is -0.271 e. The first-order valence-corrected chi connectivity index (χ1v) is 5.90. The molecule has 1 unspecified atom stereocenters. The molecule has 7 heteroatoms. The fourth-order valence-corrected chi connectivity index (χ4v) is 2.10. The second-order valence-corrected chi connectivity index (χ2v) is 4.44. The summed E-state index contributed by atoms with van der Waals surface area (Å²) in [5, 5.41) is 4.95. The van der Waals surface area contributed by atoms with E-state index in [4.69, 9.17) is 17.4 Å². The number of hydrazine groups is 1. The highest BCUT2D eigenvalue weighted by atomic mass is 35.5. The van der Waals surface area contributed by atoms with Crippen molar-refractivity contribution in [1.29, 1.82) is 0 Å². The average Bonchev–Trinajstić information content (AvgIpc) is 2.62. The number of nitrogens with zero attached hydrogens (tertiary/aromatic N) is 4. The lowest BCUT2D eigenvalue weighted by molar-refractivity contribution is 0.527. The van der Waals surface area contributed by atoms with Crippen molar-refractivity contribution in [3.8, 4) is 0 Å². The third-order valence-electron chi connectivity index (χ3n) is 2.84. The molecule has 0 aromatic carbocycles. The molecule has 0 aliphatic rings. The average molecular weight is 267 g/mol. The van der Waals surface area contributed by atoms with Gasteiger partial charge in [-0.3, -0.25) is 16.0 Å². The summed E-state index contributed by atoms with van der Waals surface area (Å²) < 4.78 is 1.77. The second kappa shape index (κ2) is 5.43. The molecule has 0 bridgehead atoms. The molecule has 2 aromatic heterocycles. The molecule has 0 saturated heterocycles. The van der Waals surface area contributed by atoms with Crippen molar-refractivity contribution in [2.75, 3.05) is 0 Å². The molecule has 0 saturated carbocycles. The zero-order valence-electron chi connectivity index (χ0n) is 10.3. The summed E-state index contributed by atoms with van der Waals surface area (Å²) in [4.78, 5) is 7.97. The summed E-state index contributed by atoms with van der Waals surface area (Å²) in [6.45, 7) is 1.88. The molecule has 0 fully saturated rings. The second-order valence-electron chi connectivity index (χ2n) is 4.06. The van der Waals surface area contributed by atoms with Crippen LogP contribution in [0.3, 0.4) is 0 Å². The Kier molecular flexibility index (Phi) is 3.90. The highest BCUT2D eigenvalue weighted by Gasteiger charge is 2.17. The third kappa shape index (κ3) is 2.50. The molecular formula is C11H15ClN6. The monoisotopic (exact) mass is 266 g/mol. The highest BCUT2D eigenvalue weighted by Crippen LogP contribution is 2.24. The van der Waals surface area contributed by atoms with Gasteiger partial charge in [0.2, 0.25) is 0 Å². The molecule has 96 valence electrons. The zero-order chi connectivity index (χ0) is 13.1. The lowest BCUT2D eigenvalue weighted by Crippen LogP contribution is -2.30. The van der Waals surface area contributed by atoms with Crippen molar-refractivity contribution >= 4 is 11.6 Å². The molecular weight excluding hydrogens is 252 g/mol. The summed E-state index contributed by atoms with van der Waals surface area (Å²) in [6.07, 6.45) is 5.57. The van der Waals surface area contributed by atoms with Gasteiger partial charge < -0.3 is 0 Å². The number of nitrogens with two attached hydrogens (primary N) is 1. The minimum atomic E-state index is -0.0986. The Morgan fingerprint density at radius 1 is 1.44 bits per heavy atom. The van der Waals surface area contributed by atoms with E-state index in [1.54, 1.807) is 17.1 Å². The van der Waals surface area contributed by atoms with Gasteiger partial charge in [0.15, 0.2) is 0 Å². The SMILES string of the molecule is Cc1nn(C)c(CC(NN)c2cncnc2)c1Cl. The first-order valence-electron chi connectivity index (χ1n) is 5.52. The van der Waals surface area contributed by atoms with Crippen LogP contribution < -0.4 is 11.3 Å². The van der Waals surface area contributed by atoms with Gasteiger partial charge >= 0.3 is 0 Å². The van der Waals surface area contributed by atoms with Crippen LogP contribution in [0.4, 0.5) is 0 Å². The summed E-state index contributed by atoms with van der Waals surface area (Å²) >= 11 is 6.22. The number of aryl methyl sites for hydroxylation is 2. The maximum atomic E-state index is 6.22. The third-order valence-corrected chi connectivity index (χ3v) is 3.33. The molecule has 0 spiro atoms. The summed E-state index contributed by atoms with van der Waals surface area (Å²) in [5.74, 6) is 5.58. The van der Waals surface area contributed by atoms with Crippen LogP contribution >= 0.6 is 11.6 Å². The van der Waals surface area contributed by atoms with Crippen LogP contribution in [-0.4, -0.2) is 19.7 Å². The topological polar surface area (TPSA) is 81.7 Å². The number of nitrogens with one attached hydrogen (secondary N) is 1. The van der Waals surface area contributed by atoms with Crippen molar-refractivity contribution < 1.29 is 0 Å². The zero-order valence-corrected chi connectivity index (χ0v) is 11.0. The van der Waals surface area contributed by atoms with E-state index in [-0.39, 0.29) is 6.04 Å². The van der Waals surface area contributed by atoms with Crippen molar-refractivity contribution in [3.63, 3.8) is 0 Å². The molecule has 2 heterocycles. The van der Waals surface area contributed by atoms with E-state index < -0.39 is 0 Å². The maximum absolute atomic E-state index is 6.22. The molecule has 0 aliphatic heterocycles.